The highest BCUT2D eigenvalue weighted by Gasteiger charge is 2.37. The first-order chi connectivity index (χ1) is 24.3. The molecule has 238 valence electrons. The van der Waals surface area contributed by atoms with E-state index in [1.807, 2.05) is 0 Å². The van der Waals surface area contributed by atoms with Crippen LogP contribution in [0.2, 0.25) is 0 Å². The Morgan fingerprint density at radius 1 is 0.300 bits per heavy atom. The average Bonchev–Trinajstić information content (AvgIpc) is 3.52. The van der Waals surface area contributed by atoms with Crippen LogP contribution in [-0.2, 0) is 10.8 Å². The first-order valence-corrected chi connectivity index (χ1v) is 17.9. The van der Waals surface area contributed by atoms with E-state index in [-0.39, 0.29) is 10.8 Å². The summed E-state index contributed by atoms with van der Waals surface area (Å²) in [5.41, 5.74) is 18.5. The van der Waals surface area contributed by atoms with Crippen molar-refractivity contribution in [1.29, 1.82) is 0 Å². The molecule has 8 aromatic rings. The largest absolute Gasteiger partial charge is 0.0622 e. The van der Waals surface area contributed by atoms with Crippen LogP contribution in [0.5, 0.6) is 0 Å². The maximum atomic E-state index is 2.49. The Morgan fingerprint density at radius 2 is 0.800 bits per heavy atom. The Kier molecular flexibility index (Phi) is 6.07. The van der Waals surface area contributed by atoms with E-state index in [0.29, 0.717) is 0 Å². The molecule has 0 saturated heterocycles. The van der Waals surface area contributed by atoms with Crippen molar-refractivity contribution in [2.45, 2.75) is 38.5 Å². The van der Waals surface area contributed by atoms with Gasteiger partial charge in [-0.3, -0.25) is 0 Å². The van der Waals surface area contributed by atoms with Gasteiger partial charge >= 0.3 is 0 Å². The van der Waals surface area contributed by atoms with E-state index < -0.39 is 0 Å². The van der Waals surface area contributed by atoms with Gasteiger partial charge in [-0.15, -0.1) is 0 Å². The van der Waals surface area contributed by atoms with Gasteiger partial charge in [-0.1, -0.05) is 155 Å². The quantitative estimate of drug-likeness (QED) is 0.169. The fraction of sp³-hybridized carbons (Fsp3) is 0.120. The lowest BCUT2D eigenvalue weighted by molar-refractivity contribution is 0.660. The molecule has 0 aliphatic heterocycles. The molecule has 0 saturated carbocycles. The molecule has 0 fully saturated rings. The summed E-state index contributed by atoms with van der Waals surface area (Å²) in [4.78, 5) is 0. The van der Waals surface area contributed by atoms with Crippen molar-refractivity contribution >= 4 is 21.5 Å². The molecule has 8 aromatic carbocycles. The maximum Gasteiger partial charge on any atom is 0.0159 e. The second-order valence-corrected chi connectivity index (χ2v) is 15.3. The molecule has 0 spiro atoms. The van der Waals surface area contributed by atoms with Gasteiger partial charge in [-0.2, -0.15) is 0 Å². The fourth-order valence-electron chi connectivity index (χ4n) is 9.25. The van der Waals surface area contributed by atoms with Crippen molar-refractivity contribution in [3.63, 3.8) is 0 Å². The molecule has 0 amide bonds. The number of hydrogen-bond donors (Lipinski definition) is 0. The first kappa shape index (κ1) is 29.2. The van der Waals surface area contributed by atoms with E-state index in [0.717, 1.165) is 0 Å². The SMILES string of the molecule is CC1(C)c2ccccc2-c2ccc(-c3cc4cc5ccccc5c(-c5ccccc5)c4cc3-c3ccc4c(c3)C(C)(C)c3ccccc3-4)cc21. The van der Waals surface area contributed by atoms with Crippen LogP contribution < -0.4 is 0 Å². The predicted molar refractivity (Wildman–Crippen MR) is 213 cm³/mol. The smallest absolute Gasteiger partial charge is 0.0159 e. The zero-order valence-electron chi connectivity index (χ0n) is 29.0. The minimum atomic E-state index is -0.0757. The highest BCUT2D eigenvalue weighted by atomic mass is 14.4. The van der Waals surface area contributed by atoms with E-state index in [2.05, 4.69) is 185 Å². The lowest BCUT2D eigenvalue weighted by Gasteiger charge is -2.24. The highest BCUT2D eigenvalue weighted by Crippen LogP contribution is 2.53. The Balaban J connectivity index is 1.28. The fourth-order valence-corrected chi connectivity index (χ4v) is 9.25. The van der Waals surface area contributed by atoms with Gasteiger partial charge in [-0.25, -0.2) is 0 Å². The molecule has 0 heteroatoms. The molecule has 0 unspecified atom stereocenters. The summed E-state index contributed by atoms with van der Waals surface area (Å²) in [6.07, 6.45) is 0. The molecule has 0 N–H and O–H groups in total. The molecule has 0 aromatic heterocycles. The zero-order chi connectivity index (χ0) is 33.8. The number of fused-ring (bicyclic) bond motifs is 8. The lowest BCUT2D eigenvalue weighted by Crippen LogP contribution is -2.15. The molecule has 2 aliphatic rings. The molecule has 50 heavy (non-hydrogen) atoms. The summed E-state index contributed by atoms with van der Waals surface area (Å²) in [7, 11) is 0. The van der Waals surface area contributed by atoms with Gasteiger partial charge in [0.1, 0.15) is 0 Å². The van der Waals surface area contributed by atoms with Gasteiger partial charge in [0.2, 0.25) is 0 Å². The van der Waals surface area contributed by atoms with Gasteiger partial charge in [0, 0.05) is 10.8 Å². The van der Waals surface area contributed by atoms with E-state index in [4.69, 9.17) is 0 Å². The van der Waals surface area contributed by atoms with Crippen molar-refractivity contribution < 1.29 is 0 Å². The van der Waals surface area contributed by atoms with Crippen molar-refractivity contribution in [3.8, 4) is 55.6 Å². The van der Waals surface area contributed by atoms with Gasteiger partial charge in [0.05, 0.1) is 0 Å². The van der Waals surface area contributed by atoms with Gasteiger partial charge in [0.15, 0.2) is 0 Å². The van der Waals surface area contributed by atoms with Crippen molar-refractivity contribution in [3.05, 3.63) is 180 Å². The van der Waals surface area contributed by atoms with Crippen LogP contribution in [0, 0.1) is 0 Å². The maximum absolute atomic E-state index is 2.49. The van der Waals surface area contributed by atoms with Crippen LogP contribution >= 0.6 is 0 Å². The first-order valence-electron chi connectivity index (χ1n) is 17.9. The van der Waals surface area contributed by atoms with E-state index >= 15 is 0 Å². The number of benzene rings is 8. The molecule has 10 rings (SSSR count). The van der Waals surface area contributed by atoms with Gasteiger partial charge < -0.3 is 0 Å². The molecule has 0 heterocycles. The Bertz CT molecular complexity index is 2690. The third-order valence-corrected chi connectivity index (χ3v) is 11.9. The van der Waals surface area contributed by atoms with Crippen molar-refractivity contribution in [2.75, 3.05) is 0 Å². The third kappa shape index (κ3) is 4.06. The highest BCUT2D eigenvalue weighted by molar-refractivity contribution is 6.15. The number of hydrogen-bond acceptors (Lipinski definition) is 0. The standard InChI is InChI=1S/C50H38/c1-49(2)44-20-12-10-18-37(44)39-24-22-33(28-46(39)49)41-27-35-26-32-16-8-9-17-36(32)48(31-14-6-5-7-15-31)43(35)30-42(41)34-23-25-40-38-19-11-13-21-45(38)50(3,4)47(40)29-34/h5-30H,1-4H3. The monoisotopic (exact) mass is 638 g/mol. The second kappa shape index (κ2) is 10.4. The topological polar surface area (TPSA) is 0 Å². The van der Waals surface area contributed by atoms with Gasteiger partial charge in [-0.05, 0) is 130 Å². The molecule has 0 atom stereocenters. The van der Waals surface area contributed by atoms with Crippen LogP contribution in [0.1, 0.15) is 49.9 Å². The molecular formula is C50H38. The Hall–Kier alpha value is -5.72. The average molecular weight is 639 g/mol. The van der Waals surface area contributed by atoms with E-state index in [1.165, 1.54) is 99.4 Å². The van der Waals surface area contributed by atoms with E-state index in [9.17, 15) is 0 Å². The molecular weight excluding hydrogens is 601 g/mol. The van der Waals surface area contributed by atoms with Crippen molar-refractivity contribution in [1.82, 2.24) is 0 Å². The summed E-state index contributed by atoms with van der Waals surface area (Å²) >= 11 is 0. The van der Waals surface area contributed by atoms with Crippen LogP contribution in [-0.4, -0.2) is 0 Å². The molecule has 0 nitrogen and oxygen atoms in total. The summed E-state index contributed by atoms with van der Waals surface area (Å²) in [6.45, 7) is 9.51. The molecule has 2 aliphatic carbocycles. The van der Waals surface area contributed by atoms with Crippen LogP contribution in [0.3, 0.4) is 0 Å². The van der Waals surface area contributed by atoms with E-state index in [1.54, 1.807) is 0 Å². The third-order valence-electron chi connectivity index (χ3n) is 11.9. The Labute approximate surface area is 294 Å². The number of rotatable bonds is 3. The molecule has 0 bridgehead atoms. The normalized spacial score (nSPS) is 14.7. The summed E-state index contributed by atoms with van der Waals surface area (Å²) in [5, 5.41) is 5.09. The van der Waals surface area contributed by atoms with Gasteiger partial charge in [0.25, 0.3) is 0 Å². The second-order valence-electron chi connectivity index (χ2n) is 15.3. The van der Waals surface area contributed by atoms with Crippen LogP contribution in [0.25, 0.3) is 77.2 Å². The minimum Gasteiger partial charge on any atom is -0.0622 e. The summed E-state index contributed by atoms with van der Waals surface area (Å²) in [6, 6.07) is 59.4. The van der Waals surface area contributed by atoms with Crippen LogP contribution in [0.4, 0.5) is 0 Å². The summed E-state index contributed by atoms with van der Waals surface area (Å²) < 4.78 is 0. The van der Waals surface area contributed by atoms with Crippen LogP contribution in [0.15, 0.2) is 158 Å². The molecule has 0 radical (unpaired) electrons. The summed E-state index contributed by atoms with van der Waals surface area (Å²) in [5.74, 6) is 0. The Morgan fingerprint density at radius 3 is 1.42 bits per heavy atom. The lowest BCUT2D eigenvalue weighted by atomic mass is 9.79. The van der Waals surface area contributed by atoms with Crippen molar-refractivity contribution in [2.24, 2.45) is 0 Å². The zero-order valence-corrected chi connectivity index (χ0v) is 29.0. The predicted octanol–water partition coefficient (Wildman–Crippen LogP) is 13.6. The minimum absolute atomic E-state index is 0.0704.